The maximum atomic E-state index is 10.8. The Morgan fingerprint density at radius 2 is 2.30 bits per heavy atom. The van der Waals surface area contributed by atoms with E-state index in [2.05, 4.69) is 5.32 Å². The third kappa shape index (κ3) is 5.56. The Bertz CT molecular complexity index is 107. The highest BCUT2D eigenvalue weighted by Gasteiger charge is 2.00. The van der Waals surface area contributed by atoms with Crippen molar-refractivity contribution in [2.24, 2.45) is 0 Å². The lowest BCUT2D eigenvalue weighted by Crippen LogP contribution is -2.33. The lowest BCUT2D eigenvalue weighted by Gasteiger charge is -2.07. The van der Waals surface area contributed by atoms with Gasteiger partial charge in [-0.15, -0.1) is 0 Å². The van der Waals surface area contributed by atoms with Gasteiger partial charge in [-0.2, -0.15) is 0 Å². The summed E-state index contributed by atoms with van der Waals surface area (Å²) in [5, 5.41) is 2.71. The standard InChI is InChI=1S/C7H15NO2.H2/c1-4-10-5-7(9)8-6(2)3;/h6H,4-5H2,1-3H3,(H,8,9);1H. The minimum atomic E-state index is -0.0446. The molecule has 0 heterocycles. The van der Waals surface area contributed by atoms with Crippen molar-refractivity contribution in [1.82, 2.24) is 5.32 Å². The minimum absolute atomic E-state index is 0. The average Bonchev–Trinajstić information content (AvgIpc) is 1.82. The maximum absolute atomic E-state index is 10.8. The van der Waals surface area contributed by atoms with Gasteiger partial charge in [0.15, 0.2) is 0 Å². The van der Waals surface area contributed by atoms with Crippen LogP contribution in [0.15, 0.2) is 0 Å². The van der Waals surface area contributed by atoms with Gasteiger partial charge in [-0.05, 0) is 20.8 Å². The molecule has 0 rings (SSSR count). The van der Waals surface area contributed by atoms with Crippen LogP contribution in [-0.4, -0.2) is 25.2 Å². The van der Waals surface area contributed by atoms with Gasteiger partial charge in [0.25, 0.3) is 0 Å². The zero-order chi connectivity index (χ0) is 7.98. The van der Waals surface area contributed by atoms with Gasteiger partial charge in [0.2, 0.25) is 5.91 Å². The van der Waals surface area contributed by atoms with Crippen molar-refractivity contribution in [3.05, 3.63) is 0 Å². The van der Waals surface area contributed by atoms with Crippen molar-refractivity contribution < 1.29 is 11.0 Å². The molecule has 0 saturated carbocycles. The maximum Gasteiger partial charge on any atom is 0.246 e. The van der Waals surface area contributed by atoms with Gasteiger partial charge in [-0.1, -0.05) is 0 Å². The van der Waals surface area contributed by atoms with E-state index < -0.39 is 0 Å². The molecule has 1 amide bonds. The second kappa shape index (κ2) is 5.23. The molecule has 62 valence electrons. The van der Waals surface area contributed by atoms with Gasteiger partial charge >= 0.3 is 0 Å². The minimum Gasteiger partial charge on any atom is -0.372 e. The second-order valence-corrected chi connectivity index (χ2v) is 2.36. The molecule has 0 aromatic heterocycles. The first-order chi connectivity index (χ1) is 4.66. The van der Waals surface area contributed by atoms with Crippen LogP contribution in [0.5, 0.6) is 0 Å². The van der Waals surface area contributed by atoms with Crippen LogP contribution in [0.4, 0.5) is 0 Å². The molecule has 0 radical (unpaired) electrons. The van der Waals surface area contributed by atoms with Crippen LogP contribution < -0.4 is 5.32 Å². The molecule has 0 fully saturated rings. The van der Waals surface area contributed by atoms with E-state index in [1.165, 1.54) is 0 Å². The van der Waals surface area contributed by atoms with Gasteiger partial charge in [0.05, 0.1) is 0 Å². The summed E-state index contributed by atoms with van der Waals surface area (Å²) >= 11 is 0. The van der Waals surface area contributed by atoms with Crippen LogP contribution in [0.25, 0.3) is 0 Å². The molecule has 3 nitrogen and oxygen atoms in total. The van der Waals surface area contributed by atoms with Crippen LogP contribution in [0.2, 0.25) is 0 Å². The summed E-state index contributed by atoms with van der Waals surface area (Å²) in [6.45, 7) is 6.47. The lowest BCUT2D eigenvalue weighted by atomic mass is 10.4. The molecule has 0 atom stereocenters. The Labute approximate surface area is 63.2 Å². The number of carbonyl (C=O) groups excluding carboxylic acids is 1. The first-order valence-corrected chi connectivity index (χ1v) is 3.54. The van der Waals surface area contributed by atoms with Gasteiger partial charge in [-0.25, -0.2) is 0 Å². The highest BCUT2D eigenvalue weighted by atomic mass is 16.5. The molecule has 10 heavy (non-hydrogen) atoms. The summed E-state index contributed by atoms with van der Waals surface area (Å²) in [6, 6.07) is 0.202. The number of carbonyl (C=O) groups is 1. The second-order valence-electron chi connectivity index (χ2n) is 2.36. The first-order valence-electron chi connectivity index (χ1n) is 3.54. The first kappa shape index (κ1) is 9.43. The van der Waals surface area contributed by atoms with E-state index in [1.807, 2.05) is 20.8 Å². The molecule has 0 aromatic rings. The van der Waals surface area contributed by atoms with Gasteiger partial charge in [0.1, 0.15) is 6.61 Å². The van der Waals surface area contributed by atoms with E-state index >= 15 is 0 Å². The third-order valence-corrected chi connectivity index (χ3v) is 0.887. The van der Waals surface area contributed by atoms with Crippen molar-refractivity contribution >= 4 is 5.91 Å². The van der Waals surface area contributed by atoms with Gasteiger partial charge in [0, 0.05) is 14.1 Å². The predicted molar refractivity (Wildman–Crippen MR) is 41.9 cm³/mol. The summed E-state index contributed by atoms with van der Waals surface area (Å²) in [5.41, 5.74) is 0. The monoisotopic (exact) mass is 147 g/mol. The highest BCUT2D eigenvalue weighted by Crippen LogP contribution is 1.78. The summed E-state index contributed by atoms with van der Waals surface area (Å²) < 4.78 is 4.88. The Morgan fingerprint density at radius 1 is 1.70 bits per heavy atom. The number of rotatable bonds is 4. The van der Waals surface area contributed by atoms with Crippen molar-refractivity contribution in [3.8, 4) is 0 Å². The van der Waals surface area contributed by atoms with Crippen molar-refractivity contribution in [1.29, 1.82) is 0 Å². The molecule has 0 bridgehead atoms. The smallest absolute Gasteiger partial charge is 0.246 e. The number of hydrogen-bond donors (Lipinski definition) is 1. The molecule has 0 spiro atoms. The highest BCUT2D eigenvalue weighted by molar-refractivity contribution is 5.77. The summed E-state index contributed by atoms with van der Waals surface area (Å²) in [7, 11) is 0. The average molecular weight is 147 g/mol. The largest absolute Gasteiger partial charge is 0.372 e. The van der Waals surface area contributed by atoms with Gasteiger partial charge in [-0.3, -0.25) is 4.79 Å². The van der Waals surface area contributed by atoms with Crippen LogP contribution in [0.1, 0.15) is 22.2 Å². The fraction of sp³-hybridized carbons (Fsp3) is 0.857. The molecule has 0 aliphatic carbocycles. The number of hydrogen-bond acceptors (Lipinski definition) is 2. The summed E-state index contributed by atoms with van der Waals surface area (Å²) in [4.78, 5) is 10.8. The fourth-order valence-electron chi connectivity index (χ4n) is 0.558. The predicted octanol–water partition coefficient (Wildman–Crippen LogP) is 0.793. The molecule has 0 aliphatic rings. The van der Waals surface area contributed by atoms with Crippen LogP contribution in [0, 0.1) is 0 Å². The SMILES string of the molecule is CCOCC(=O)NC(C)C.[HH]. The Morgan fingerprint density at radius 3 is 2.70 bits per heavy atom. The molecule has 0 aromatic carbocycles. The van der Waals surface area contributed by atoms with Crippen LogP contribution in [0.3, 0.4) is 0 Å². The Kier molecular flexibility index (Phi) is 4.94. The molecule has 3 heteroatoms. The van der Waals surface area contributed by atoms with E-state index in [0.717, 1.165) is 0 Å². The lowest BCUT2D eigenvalue weighted by molar-refractivity contribution is -0.126. The fourth-order valence-corrected chi connectivity index (χ4v) is 0.558. The normalized spacial score (nSPS) is 10.0. The summed E-state index contributed by atoms with van der Waals surface area (Å²) in [6.07, 6.45) is 0. The van der Waals surface area contributed by atoms with E-state index in [9.17, 15) is 4.79 Å². The third-order valence-electron chi connectivity index (χ3n) is 0.887. The Hall–Kier alpha value is -0.570. The molecular weight excluding hydrogens is 130 g/mol. The van der Waals surface area contributed by atoms with E-state index in [-0.39, 0.29) is 20.0 Å². The van der Waals surface area contributed by atoms with E-state index in [1.54, 1.807) is 0 Å². The van der Waals surface area contributed by atoms with Crippen molar-refractivity contribution in [3.63, 3.8) is 0 Å². The van der Waals surface area contributed by atoms with E-state index in [0.29, 0.717) is 6.61 Å². The number of ether oxygens (including phenoxy) is 1. The number of amides is 1. The van der Waals surface area contributed by atoms with Crippen molar-refractivity contribution in [2.75, 3.05) is 13.2 Å². The zero-order valence-electron chi connectivity index (χ0n) is 6.81. The van der Waals surface area contributed by atoms with Crippen LogP contribution >= 0.6 is 0 Å². The van der Waals surface area contributed by atoms with Crippen molar-refractivity contribution in [2.45, 2.75) is 26.8 Å². The molecule has 0 saturated heterocycles. The van der Waals surface area contributed by atoms with Gasteiger partial charge < -0.3 is 10.1 Å². The Balaban J connectivity index is 0. The molecule has 0 aliphatic heterocycles. The topological polar surface area (TPSA) is 38.3 Å². The zero-order valence-corrected chi connectivity index (χ0v) is 6.81. The summed E-state index contributed by atoms with van der Waals surface area (Å²) in [5.74, 6) is -0.0446. The molecular formula is C7H17NO2. The quantitative estimate of drug-likeness (QED) is 0.638. The molecule has 1 N–H and O–H groups in total. The van der Waals surface area contributed by atoms with Crippen LogP contribution in [-0.2, 0) is 9.53 Å². The number of nitrogens with one attached hydrogen (secondary N) is 1. The van der Waals surface area contributed by atoms with E-state index in [4.69, 9.17) is 4.74 Å². The molecule has 0 unspecified atom stereocenters.